The third-order valence-electron chi connectivity index (χ3n) is 6.84. The number of carbonyl (C=O) groups excluding carboxylic acids is 2. The molecule has 1 aliphatic heterocycles. The summed E-state index contributed by atoms with van der Waals surface area (Å²) in [6.45, 7) is 4.12. The Morgan fingerprint density at radius 2 is 1.78 bits per heavy atom. The van der Waals surface area contributed by atoms with Crippen LogP contribution in [0.5, 0.6) is 0 Å². The van der Waals surface area contributed by atoms with Crippen molar-refractivity contribution in [2.24, 2.45) is 0 Å². The van der Waals surface area contributed by atoms with Crippen LogP contribution in [0.25, 0.3) is 22.5 Å². The Bertz CT molecular complexity index is 1600. The van der Waals surface area contributed by atoms with Gasteiger partial charge in [-0.25, -0.2) is 9.97 Å². The monoisotopic (exact) mass is 556 g/mol. The lowest BCUT2D eigenvalue weighted by Gasteiger charge is -2.29. The molecule has 0 atom stereocenters. The Kier molecular flexibility index (Phi) is 8.04. The van der Waals surface area contributed by atoms with Gasteiger partial charge in [0, 0.05) is 29.7 Å². The van der Waals surface area contributed by atoms with Gasteiger partial charge in [-0.3, -0.25) is 14.5 Å². The lowest BCUT2D eigenvalue weighted by molar-refractivity contribution is -0.757. The zero-order chi connectivity index (χ0) is 28.9. The zero-order valence-electron chi connectivity index (χ0n) is 22.7. The van der Waals surface area contributed by atoms with E-state index in [1.807, 2.05) is 62.4 Å². The number of aryl methyl sites for hydroxylation is 2. The molecule has 4 aromatic rings. The molecule has 0 saturated carbocycles. The number of tetrazole rings is 1. The number of hydrogen-bond donors (Lipinski definition) is 0. The van der Waals surface area contributed by atoms with Gasteiger partial charge in [0.1, 0.15) is 11.6 Å². The van der Waals surface area contributed by atoms with Crippen molar-refractivity contribution >= 4 is 17.6 Å². The second-order valence-electron chi connectivity index (χ2n) is 9.69. The number of unbranched alkanes of at least 4 members (excludes halogenated alkanes) is 1. The molecule has 1 amide bonds. The zero-order valence-corrected chi connectivity index (χ0v) is 22.7. The van der Waals surface area contributed by atoms with Gasteiger partial charge in [0.05, 0.1) is 13.2 Å². The van der Waals surface area contributed by atoms with Gasteiger partial charge < -0.3 is 4.84 Å². The maximum atomic E-state index is 12.8. The lowest BCUT2D eigenvalue weighted by Crippen LogP contribution is -2.36. The van der Waals surface area contributed by atoms with Gasteiger partial charge >= 0.3 is 0 Å². The van der Waals surface area contributed by atoms with E-state index in [9.17, 15) is 19.7 Å². The predicted octanol–water partition coefficient (Wildman–Crippen LogP) is 3.91. The van der Waals surface area contributed by atoms with Crippen LogP contribution in [-0.4, -0.2) is 53.7 Å². The van der Waals surface area contributed by atoms with Crippen molar-refractivity contribution in [1.29, 1.82) is 0 Å². The average molecular weight is 557 g/mol. The van der Waals surface area contributed by atoms with E-state index in [0.717, 1.165) is 32.7 Å². The Morgan fingerprint density at radius 1 is 1.02 bits per heavy atom. The molecule has 2 aromatic carbocycles. The van der Waals surface area contributed by atoms with Crippen LogP contribution in [-0.2, 0) is 22.6 Å². The van der Waals surface area contributed by atoms with Crippen molar-refractivity contribution in [3.05, 3.63) is 81.3 Å². The number of amides is 1. The number of anilines is 1. The molecule has 0 aliphatic carbocycles. The second kappa shape index (κ2) is 12.0. The molecule has 3 heterocycles. The third-order valence-corrected chi connectivity index (χ3v) is 6.84. The summed E-state index contributed by atoms with van der Waals surface area (Å²) in [5.74, 6) is 1.31. The topological polar surface area (TPSA) is 159 Å². The summed E-state index contributed by atoms with van der Waals surface area (Å²) in [6, 6.07) is 15.5. The quantitative estimate of drug-likeness (QED) is 0.159. The molecule has 13 heteroatoms. The van der Waals surface area contributed by atoms with E-state index in [1.165, 1.54) is 0 Å². The summed E-state index contributed by atoms with van der Waals surface area (Å²) in [5.41, 5.74) is 5.37. The molecule has 0 saturated heterocycles. The molecule has 5 rings (SSSR count). The van der Waals surface area contributed by atoms with E-state index in [2.05, 4.69) is 30.2 Å². The van der Waals surface area contributed by atoms with E-state index < -0.39 is 5.09 Å². The highest BCUT2D eigenvalue weighted by molar-refractivity contribution is 5.95. The number of aromatic nitrogens is 6. The second-order valence-corrected chi connectivity index (χ2v) is 9.69. The SMILES string of the molecule is Cc1nc(C)c2c(n1)N(Cc1ccc(-c3ccccc3-c3nnn(C(=O)CCCCO[N+](=O)[O-])n3)cc1)C(=O)CC2. The minimum Gasteiger partial charge on any atom is -0.314 e. The normalized spacial score (nSPS) is 12.7. The van der Waals surface area contributed by atoms with Crippen LogP contribution in [0.15, 0.2) is 48.5 Å². The van der Waals surface area contributed by atoms with Crippen molar-refractivity contribution in [3.63, 3.8) is 0 Å². The first-order chi connectivity index (χ1) is 19.8. The van der Waals surface area contributed by atoms with Gasteiger partial charge in [-0.05, 0) is 55.0 Å². The molecule has 0 N–H and O–H groups in total. The first-order valence-corrected chi connectivity index (χ1v) is 13.2. The third kappa shape index (κ3) is 6.24. The minimum atomic E-state index is -0.857. The standard InChI is InChI=1S/C28H28N8O5/c1-18-22-14-15-25(37)34(28(22)30-19(2)29-18)17-20-10-12-21(13-11-20)23-7-3-4-8-24(23)27-31-33-35(32-27)26(38)9-5-6-16-41-36(39)40/h3-4,7-8,10-13H,5-6,9,14-17H2,1-2H3. The van der Waals surface area contributed by atoms with E-state index >= 15 is 0 Å². The van der Waals surface area contributed by atoms with Crippen molar-refractivity contribution < 1.29 is 19.5 Å². The fraction of sp³-hybridized carbons (Fsp3) is 0.321. The summed E-state index contributed by atoms with van der Waals surface area (Å²) < 4.78 is 0. The summed E-state index contributed by atoms with van der Waals surface area (Å²) in [4.78, 5) is 51.5. The van der Waals surface area contributed by atoms with E-state index in [-0.39, 0.29) is 24.8 Å². The van der Waals surface area contributed by atoms with Crippen molar-refractivity contribution in [3.8, 4) is 22.5 Å². The summed E-state index contributed by atoms with van der Waals surface area (Å²) in [6.07, 6.45) is 1.94. The highest BCUT2D eigenvalue weighted by Crippen LogP contribution is 2.32. The molecule has 210 valence electrons. The van der Waals surface area contributed by atoms with Crippen molar-refractivity contribution in [1.82, 2.24) is 30.2 Å². The lowest BCUT2D eigenvalue weighted by atomic mass is 9.98. The number of nitrogens with zero attached hydrogens (tertiary/aromatic N) is 8. The van der Waals surface area contributed by atoms with Crippen molar-refractivity contribution in [2.75, 3.05) is 11.5 Å². The molecule has 0 fully saturated rings. The van der Waals surface area contributed by atoms with Crippen LogP contribution in [0.1, 0.15) is 53.1 Å². The fourth-order valence-corrected chi connectivity index (χ4v) is 4.83. The minimum absolute atomic E-state index is 0.0398. The fourth-order valence-electron chi connectivity index (χ4n) is 4.83. The largest absolute Gasteiger partial charge is 0.314 e. The first kappa shape index (κ1) is 27.5. The number of rotatable bonds is 10. The molecule has 41 heavy (non-hydrogen) atoms. The number of carbonyl (C=O) groups is 2. The van der Waals surface area contributed by atoms with E-state index in [1.54, 1.807) is 4.90 Å². The summed E-state index contributed by atoms with van der Waals surface area (Å²) in [7, 11) is 0. The summed E-state index contributed by atoms with van der Waals surface area (Å²) >= 11 is 0. The molecule has 0 spiro atoms. The maximum Gasteiger partial charge on any atom is 0.294 e. The van der Waals surface area contributed by atoms with Crippen LogP contribution >= 0.6 is 0 Å². The molecule has 0 bridgehead atoms. The molecule has 13 nitrogen and oxygen atoms in total. The summed E-state index contributed by atoms with van der Waals surface area (Å²) in [5, 5.41) is 21.6. The first-order valence-electron chi connectivity index (χ1n) is 13.2. The van der Waals surface area contributed by atoms with Gasteiger partial charge in [0.25, 0.3) is 11.0 Å². The van der Waals surface area contributed by atoms with Crippen LogP contribution in [0.3, 0.4) is 0 Å². The average Bonchev–Trinajstić information content (AvgIpc) is 3.45. The van der Waals surface area contributed by atoms with Gasteiger partial charge in [-0.2, -0.15) is 0 Å². The molecule has 0 radical (unpaired) electrons. The van der Waals surface area contributed by atoms with E-state index in [4.69, 9.17) is 0 Å². The van der Waals surface area contributed by atoms with Crippen LogP contribution < -0.4 is 4.90 Å². The number of benzene rings is 2. The molecule has 2 aromatic heterocycles. The highest BCUT2D eigenvalue weighted by Gasteiger charge is 2.27. The van der Waals surface area contributed by atoms with Crippen LogP contribution in [0.2, 0.25) is 0 Å². The molecule has 1 aliphatic rings. The van der Waals surface area contributed by atoms with Crippen molar-refractivity contribution in [2.45, 2.75) is 52.5 Å². The molecule has 0 unspecified atom stereocenters. The van der Waals surface area contributed by atoms with Crippen LogP contribution in [0, 0.1) is 24.0 Å². The number of hydrogen-bond acceptors (Lipinski definition) is 10. The van der Waals surface area contributed by atoms with E-state index in [0.29, 0.717) is 55.3 Å². The van der Waals surface area contributed by atoms with Gasteiger partial charge in [0.15, 0.2) is 0 Å². The molecular weight excluding hydrogens is 528 g/mol. The Morgan fingerprint density at radius 3 is 2.54 bits per heavy atom. The predicted molar refractivity (Wildman–Crippen MR) is 147 cm³/mol. The Balaban J connectivity index is 1.30. The smallest absolute Gasteiger partial charge is 0.294 e. The maximum absolute atomic E-state index is 12.8. The Labute approximate surface area is 235 Å². The van der Waals surface area contributed by atoms with Gasteiger partial charge in [0.2, 0.25) is 11.7 Å². The van der Waals surface area contributed by atoms with Gasteiger partial charge in [-0.1, -0.05) is 53.3 Å². The number of fused-ring (bicyclic) bond motifs is 1. The molecular formula is C28H28N8O5. The highest BCUT2D eigenvalue weighted by atomic mass is 16.9. The Hall–Kier alpha value is -5.07. The van der Waals surface area contributed by atoms with Crippen LogP contribution in [0.4, 0.5) is 5.82 Å². The van der Waals surface area contributed by atoms with Gasteiger partial charge in [-0.15, -0.1) is 20.3 Å².